The first-order valence-electron chi connectivity index (χ1n) is 4.51. The summed E-state index contributed by atoms with van der Waals surface area (Å²) in [6, 6.07) is 4.42. The maximum atomic E-state index is 10.8. The van der Waals surface area contributed by atoms with Crippen LogP contribution in [0.2, 0.25) is 0 Å². The number of aromatic carboxylic acids is 1. The third kappa shape index (κ3) is 1.56. The number of hydrogen-bond donors (Lipinski definition) is 3. The Morgan fingerprint density at radius 3 is 2.69 bits per heavy atom. The number of anilines is 2. The molecule has 0 fully saturated rings. The van der Waals surface area contributed by atoms with E-state index in [1.54, 1.807) is 6.20 Å². The van der Waals surface area contributed by atoms with Crippen LogP contribution in [0, 0.1) is 0 Å². The maximum Gasteiger partial charge on any atom is 0.335 e. The standard InChI is InChI=1S/C10H10N4O2/c11-7-2-1-6(9(15)16)5-8(7)14-4-3-13-10(14)12/h1-5H,11H2,(H2,12,13)(H,15,16). The lowest BCUT2D eigenvalue weighted by Gasteiger charge is -2.08. The Morgan fingerprint density at radius 1 is 1.38 bits per heavy atom. The second-order valence-corrected chi connectivity index (χ2v) is 3.23. The average molecular weight is 218 g/mol. The van der Waals surface area contributed by atoms with Gasteiger partial charge >= 0.3 is 5.97 Å². The molecule has 1 aromatic heterocycles. The lowest BCUT2D eigenvalue weighted by molar-refractivity contribution is 0.0697. The monoisotopic (exact) mass is 218 g/mol. The topological polar surface area (TPSA) is 107 Å². The van der Waals surface area contributed by atoms with E-state index < -0.39 is 5.97 Å². The number of carboxylic acid groups (broad SMARTS) is 1. The van der Waals surface area contributed by atoms with Crippen LogP contribution in [0.4, 0.5) is 11.6 Å². The molecular formula is C10H10N4O2. The van der Waals surface area contributed by atoms with Gasteiger partial charge in [0, 0.05) is 12.4 Å². The van der Waals surface area contributed by atoms with Gasteiger partial charge in [0.15, 0.2) is 0 Å². The Hall–Kier alpha value is -2.50. The van der Waals surface area contributed by atoms with E-state index in [0.717, 1.165) is 0 Å². The first-order valence-corrected chi connectivity index (χ1v) is 4.51. The summed E-state index contributed by atoms with van der Waals surface area (Å²) < 4.78 is 1.53. The first kappa shape index (κ1) is 10.0. The normalized spacial score (nSPS) is 10.2. The molecule has 1 heterocycles. The number of nitrogens with zero attached hydrogens (tertiary/aromatic N) is 2. The van der Waals surface area contributed by atoms with E-state index in [-0.39, 0.29) is 11.5 Å². The van der Waals surface area contributed by atoms with Crippen molar-refractivity contribution in [3.05, 3.63) is 36.2 Å². The van der Waals surface area contributed by atoms with Crippen molar-refractivity contribution in [2.75, 3.05) is 11.5 Å². The molecule has 0 saturated heterocycles. The molecule has 1 aromatic carbocycles. The number of benzene rings is 1. The first-order chi connectivity index (χ1) is 7.59. The van der Waals surface area contributed by atoms with Crippen LogP contribution >= 0.6 is 0 Å². The molecule has 2 aromatic rings. The van der Waals surface area contributed by atoms with Crippen molar-refractivity contribution in [3.8, 4) is 5.69 Å². The molecule has 5 N–H and O–H groups in total. The molecule has 0 amide bonds. The fourth-order valence-corrected chi connectivity index (χ4v) is 1.40. The van der Waals surface area contributed by atoms with Crippen LogP contribution in [0.25, 0.3) is 5.69 Å². The number of rotatable bonds is 2. The number of imidazole rings is 1. The minimum atomic E-state index is -1.01. The van der Waals surface area contributed by atoms with Crippen LogP contribution in [0.3, 0.4) is 0 Å². The van der Waals surface area contributed by atoms with Crippen LogP contribution in [-0.4, -0.2) is 20.6 Å². The molecule has 0 aliphatic carbocycles. The summed E-state index contributed by atoms with van der Waals surface area (Å²) in [7, 11) is 0. The Morgan fingerprint density at radius 2 is 2.12 bits per heavy atom. The third-order valence-corrected chi connectivity index (χ3v) is 2.21. The zero-order valence-corrected chi connectivity index (χ0v) is 8.29. The summed E-state index contributed by atoms with van der Waals surface area (Å²) in [5.41, 5.74) is 12.5. The Balaban J connectivity index is 2.60. The highest BCUT2D eigenvalue weighted by molar-refractivity contribution is 5.89. The van der Waals surface area contributed by atoms with Gasteiger partial charge in [-0.3, -0.25) is 4.57 Å². The predicted molar refractivity (Wildman–Crippen MR) is 59.3 cm³/mol. The number of nitrogen functional groups attached to an aromatic ring is 2. The molecular weight excluding hydrogens is 208 g/mol. The van der Waals surface area contributed by atoms with Crippen molar-refractivity contribution in [2.24, 2.45) is 0 Å². The van der Waals surface area contributed by atoms with Crippen LogP contribution in [-0.2, 0) is 0 Å². The summed E-state index contributed by atoms with van der Waals surface area (Å²) in [5.74, 6) is -0.755. The van der Waals surface area contributed by atoms with Gasteiger partial charge in [0.1, 0.15) is 0 Å². The summed E-state index contributed by atoms with van der Waals surface area (Å²) in [6.07, 6.45) is 3.13. The minimum Gasteiger partial charge on any atom is -0.478 e. The number of nitrogens with two attached hydrogens (primary N) is 2. The van der Waals surface area contributed by atoms with Gasteiger partial charge in [0.25, 0.3) is 0 Å². The fourth-order valence-electron chi connectivity index (χ4n) is 1.40. The molecule has 16 heavy (non-hydrogen) atoms. The van der Waals surface area contributed by atoms with Gasteiger partial charge in [-0.15, -0.1) is 0 Å². The average Bonchev–Trinajstić information content (AvgIpc) is 2.65. The van der Waals surface area contributed by atoms with E-state index in [1.165, 1.54) is 29.0 Å². The predicted octanol–water partition coefficient (Wildman–Crippen LogP) is 0.735. The third-order valence-electron chi connectivity index (χ3n) is 2.21. The molecule has 0 radical (unpaired) electrons. The van der Waals surface area contributed by atoms with Gasteiger partial charge in [-0.05, 0) is 18.2 Å². The van der Waals surface area contributed by atoms with Crippen LogP contribution in [0.5, 0.6) is 0 Å². The van der Waals surface area contributed by atoms with Crippen LogP contribution in [0.15, 0.2) is 30.6 Å². The van der Waals surface area contributed by atoms with E-state index >= 15 is 0 Å². The smallest absolute Gasteiger partial charge is 0.335 e. The van der Waals surface area contributed by atoms with E-state index in [0.29, 0.717) is 11.4 Å². The summed E-state index contributed by atoms with van der Waals surface area (Å²) >= 11 is 0. The number of aromatic nitrogens is 2. The minimum absolute atomic E-state index is 0.150. The molecule has 82 valence electrons. The highest BCUT2D eigenvalue weighted by atomic mass is 16.4. The molecule has 0 aliphatic rings. The second kappa shape index (κ2) is 3.58. The zero-order chi connectivity index (χ0) is 11.7. The highest BCUT2D eigenvalue weighted by Crippen LogP contribution is 2.21. The van der Waals surface area contributed by atoms with Crippen molar-refractivity contribution >= 4 is 17.6 Å². The molecule has 6 nitrogen and oxygen atoms in total. The molecule has 0 bridgehead atoms. The van der Waals surface area contributed by atoms with Crippen molar-refractivity contribution < 1.29 is 9.90 Å². The second-order valence-electron chi connectivity index (χ2n) is 3.23. The van der Waals surface area contributed by atoms with E-state index in [1.807, 2.05) is 0 Å². The number of hydrogen-bond acceptors (Lipinski definition) is 4. The van der Waals surface area contributed by atoms with Gasteiger partial charge < -0.3 is 16.6 Å². The van der Waals surface area contributed by atoms with Crippen molar-refractivity contribution in [1.29, 1.82) is 0 Å². The number of carboxylic acids is 1. The molecule has 0 spiro atoms. The SMILES string of the molecule is Nc1ccc(C(=O)O)cc1-n1ccnc1N. The fraction of sp³-hybridized carbons (Fsp3) is 0. The Bertz CT molecular complexity index is 548. The zero-order valence-electron chi connectivity index (χ0n) is 8.29. The summed E-state index contributed by atoms with van der Waals surface area (Å²) in [6.45, 7) is 0. The van der Waals surface area contributed by atoms with Crippen molar-refractivity contribution in [2.45, 2.75) is 0 Å². The van der Waals surface area contributed by atoms with Gasteiger partial charge in [0.2, 0.25) is 5.95 Å². The number of carbonyl (C=O) groups is 1. The van der Waals surface area contributed by atoms with Crippen molar-refractivity contribution in [3.63, 3.8) is 0 Å². The van der Waals surface area contributed by atoms with Gasteiger partial charge in [-0.2, -0.15) is 0 Å². The maximum absolute atomic E-state index is 10.8. The molecule has 0 unspecified atom stereocenters. The van der Waals surface area contributed by atoms with Crippen LogP contribution < -0.4 is 11.5 Å². The Kier molecular flexibility index (Phi) is 2.24. The highest BCUT2D eigenvalue weighted by Gasteiger charge is 2.09. The van der Waals surface area contributed by atoms with Crippen LogP contribution in [0.1, 0.15) is 10.4 Å². The molecule has 6 heteroatoms. The van der Waals surface area contributed by atoms with Crippen molar-refractivity contribution in [1.82, 2.24) is 9.55 Å². The largest absolute Gasteiger partial charge is 0.478 e. The summed E-state index contributed by atoms with van der Waals surface area (Å²) in [5, 5.41) is 8.87. The molecule has 2 rings (SSSR count). The molecule has 0 aliphatic heterocycles. The molecule has 0 saturated carbocycles. The lowest BCUT2D eigenvalue weighted by atomic mass is 10.1. The lowest BCUT2D eigenvalue weighted by Crippen LogP contribution is -2.05. The Labute approximate surface area is 91.1 Å². The van der Waals surface area contributed by atoms with Gasteiger partial charge in [0.05, 0.1) is 16.9 Å². The van der Waals surface area contributed by atoms with Gasteiger partial charge in [-0.25, -0.2) is 9.78 Å². The van der Waals surface area contributed by atoms with E-state index in [2.05, 4.69) is 4.98 Å². The molecule has 0 atom stereocenters. The van der Waals surface area contributed by atoms with E-state index in [9.17, 15) is 4.79 Å². The van der Waals surface area contributed by atoms with Gasteiger partial charge in [-0.1, -0.05) is 0 Å². The quantitative estimate of drug-likeness (QED) is 0.644. The summed E-state index contributed by atoms with van der Waals surface area (Å²) in [4.78, 5) is 14.7. The van der Waals surface area contributed by atoms with E-state index in [4.69, 9.17) is 16.6 Å².